The van der Waals surface area contributed by atoms with E-state index >= 15 is 0 Å². The van der Waals surface area contributed by atoms with Crippen molar-refractivity contribution in [3.8, 4) is 0 Å². The van der Waals surface area contributed by atoms with Crippen molar-refractivity contribution in [1.82, 2.24) is 0 Å². The Morgan fingerprint density at radius 2 is 0.944 bits per heavy atom. The van der Waals surface area contributed by atoms with E-state index in [2.05, 4.69) is 13.8 Å². The van der Waals surface area contributed by atoms with Crippen LogP contribution in [0, 0.1) is 0 Å². The molecule has 12 nitrogen and oxygen atoms in total. The minimum Gasteiger partial charge on any atom is -0.462 e. The van der Waals surface area contributed by atoms with Gasteiger partial charge in [-0.25, -0.2) is 4.57 Å². The van der Waals surface area contributed by atoms with Gasteiger partial charge in [-0.05, 0) is 12.8 Å². The van der Waals surface area contributed by atoms with Gasteiger partial charge < -0.3 is 34.8 Å². The van der Waals surface area contributed by atoms with Gasteiger partial charge in [0.2, 0.25) is 0 Å². The maximum absolute atomic E-state index is 12.7. The number of aliphatic hydroxyl groups excluding tert-OH is 4. The largest absolute Gasteiger partial charge is 0.472 e. The molecular formula is C41H79O12P. The second-order valence-corrected chi connectivity index (χ2v) is 16.9. The molecule has 1 rings (SSSR count). The first-order chi connectivity index (χ1) is 26.0. The molecule has 0 radical (unpaired) electrons. The number of aliphatic hydroxyl groups is 4. The number of carbonyl (C=O) groups is 2. The molecule has 0 aromatic rings. The zero-order valence-electron chi connectivity index (χ0n) is 33.9. The molecule has 0 heterocycles. The van der Waals surface area contributed by atoms with Crippen LogP contribution >= 0.6 is 7.82 Å². The number of hydrogen-bond acceptors (Lipinski definition) is 11. The Kier molecular flexibility index (Phi) is 31.0. The maximum Gasteiger partial charge on any atom is 0.472 e. The molecule has 7 atom stereocenters. The molecule has 13 heteroatoms. The van der Waals surface area contributed by atoms with Crippen LogP contribution in [-0.2, 0) is 32.7 Å². The fourth-order valence-corrected chi connectivity index (χ4v) is 7.81. The molecular weight excluding hydrogens is 715 g/mol. The third-order valence-electron chi connectivity index (χ3n) is 10.3. The average molecular weight is 795 g/mol. The van der Waals surface area contributed by atoms with Gasteiger partial charge in [-0.15, -0.1) is 0 Å². The lowest BCUT2D eigenvalue weighted by molar-refractivity contribution is -0.175. The van der Waals surface area contributed by atoms with Crippen LogP contribution in [0.15, 0.2) is 0 Å². The van der Waals surface area contributed by atoms with Crippen LogP contribution < -0.4 is 0 Å². The molecule has 1 aliphatic rings. The molecule has 0 aliphatic heterocycles. The molecule has 1 aliphatic carbocycles. The minimum absolute atomic E-state index is 0.140. The quantitative estimate of drug-likeness (QED) is 0.0231. The summed E-state index contributed by atoms with van der Waals surface area (Å²) < 4.78 is 33.7. The highest BCUT2D eigenvalue weighted by atomic mass is 31.2. The van der Waals surface area contributed by atoms with Crippen LogP contribution in [0.25, 0.3) is 0 Å². The van der Waals surface area contributed by atoms with E-state index in [0.717, 1.165) is 38.5 Å². The smallest absolute Gasteiger partial charge is 0.462 e. The van der Waals surface area contributed by atoms with Crippen LogP contribution in [0.3, 0.4) is 0 Å². The summed E-state index contributed by atoms with van der Waals surface area (Å²) >= 11 is 0. The second kappa shape index (κ2) is 32.9. The summed E-state index contributed by atoms with van der Waals surface area (Å²) in [6.07, 6.45) is 21.1. The van der Waals surface area contributed by atoms with Crippen LogP contribution in [0.4, 0.5) is 0 Å². The number of rotatable bonds is 36. The number of esters is 2. The molecule has 1 saturated carbocycles. The zero-order chi connectivity index (χ0) is 39.9. The first-order valence-electron chi connectivity index (χ1n) is 21.7. The Labute approximate surface area is 327 Å². The number of hydrogen-bond donors (Lipinski definition) is 5. The highest BCUT2D eigenvalue weighted by Gasteiger charge is 2.45. The van der Waals surface area contributed by atoms with Crippen LogP contribution in [0.1, 0.15) is 200 Å². The number of phosphoric ester groups is 1. The van der Waals surface area contributed by atoms with E-state index in [4.69, 9.17) is 18.5 Å². The average Bonchev–Trinajstić information content (AvgIpc) is 3.14. The second-order valence-electron chi connectivity index (χ2n) is 15.5. The van der Waals surface area contributed by atoms with Gasteiger partial charge in [-0.2, -0.15) is 0 Å². The lowest BCUT2D eigenvalue weighted by atomic mass is 9.87. The standard InChI is InChI=1S/C41H79O12P/c1-3-5-7-9-11-13-15-17-19-21-23-25-27-29-37(43)50-32-34(33-51-54(48,49)53-36-31-35(42)39(45)41(47)40(36)46)52-38(44)30-28-26-24-22-20-18-16-14-12-10-8-6-4-2/h34-36,39-42,45-47H,3-33H2,1-2H3,(H,48,49)/t34?,35-,36+,39+,40+,41-/m1/s1. The fraction of sp³-hybridized carbons (Fsp3) is 0.951. The van der Waals surface area contributed by atoms with Crippen molar-refractivity contribution in [2.45, 2.75) is 237 Å². The van der Waals surface area contributed by atoms with E-state index in [1.807, 2.05) is 0 Å². The normalized spacial score (nSPS) is 21.8. The summed E-state index contributed by atoms with van der Waals surface area (Å²) in [5, 5.41) is 39.8. The lowest BCUT2D eigenvalue weighted by Gasteiger charge is -2.38. The predicted octanol–water partition coefficient (Wildman–Crippen LogP) is 8.75. The molecule has 0 spiro atoms. The van der Waals surface area contributed by atoms with Gasteiger partial charge in [0.25, 0.3) is 0 Å². The topological polar surface area (TPSA) is 189 Å². The monoisotopic (exact) mass is 795 g/mol. The van der Waals surface area contributed by atoms with Gasteiger partial charge in [-0.3, -0.25) is 18.6 Å². The Bertz CT molecular complexity index is 968. The summed E-state index contributed by atoms with van der Waals surface area (Å²) in [6, 6.07) is 0. The Morgan fingerprint density at radius 3 is 1.37 bits per heavy atom. The zero-order valence-corrected chi connectivity index (χ0v) is 34.8. The Hall–Kier alpha value is -1.11. The van der Waals surface area contributed by atoms with E-state index in [1.54, 1.807) is 0 Å². The van der Waals surface area contributed by atoms with Gasteiger partial charge in [-0.1, -0.05) is 168 Å². The van der Waals surface area contributed by atoms with Crippen molar-refractivity contribution in [3.05, 3.63) is 0 Å². The van der Waals surface area contributed by atoms with Gasteiger partial charge in [0.15, 0.2) is 6.10 Å². The predicted molar refractivity (Wildman–Crippen MR) is 211 cm³/mol. The van der Waals surface area contributed by atoms with Crippen molar-refractivity contribution < 1.29 is 58.0 Å². The molecule has 0 aromatic heterocycles. The maximum atomic E-state index is 12.7. The van der Waals surface area contributed by atoms with Crippen molar-refractivity contribution in [3.63, 3.8) is 0 Å². The van der Waals surface area contributed by atoms with Gasteiger partial charge in [0.05, 0.1) is 12.7 Å². The molecule has 54 heavy (non-hydrogen) atoms. The highest BCUT2D eigenvalue weighted by molar-refractivity contribution is 7.47. The molecule has 0 bridgehead atoms. The first kappa shape index (κ1) is 50.9. The molecule has 0 aromatic carbocycles. The lowest BCUT2D eigenvalue weighted by Crippen LogP contribution is -2.56. The highest BCUT2D eigenvalue weighted by Crippen LogP contribution is 2.47. The molecule has 1 fully saturated rings. The van der Waals surface area contributed by atoms with E-state index in [-0.39, 0.29) is 19.4 Å². The molecule has 0 amide bonds. The minimum atomic E-state index is -4.91. The molecule has 5 N–H and O–H groups in total. The molecule has 2 unspecified atom stereocenters. The third kappa shape index (κ3) is 26.7. The van der Waals surface area contributed by atoms with Crippen LogP contribution in [-0.4, -0.2) is 87.1 Å². The third-order valence-corrected chi connectivity index (χ3v) is 11.4. The van der Waals surface area contributed by atoms with Gasteiger partial charge in [0.1, 0.15) is 31.0 Å². The summed E-state index contributed by atoms with van der Waals surface area (Å²) in [4.78, 5) is 35.5. The van der Waals surface area contributed by atoms with Crippen molar-refractivity contribution in [1.29, 1.82) is 0 Å². The number of phosphoric acid groups is 1. The van der Waals surface area contributed by atoms with E-state index in [0.29, 0.717) is 12.8 Å². The summed E-state index contributed by atoms with van der Waals surface area (Å²) in [6.45, 7) is 3.45. The van der Waals surface area contributed by atoms with Crippen LogP contribution in [0.2, 0.25) is 0 Å². The van der Waals surface area contributed by atoms with E-state index in [1.165, 1.54) is 116 Å². The first-order valence-corrected chi connectivity index (χ1v) is 23.2. The van der Waals surface area contributed by atoms with E-state index in [9.17, 15) is 39.5 Å². The number of carbonyl (C=O) groups excluding carboxylic acids is 2. The molecule has 0 saturated heterocycles. The van der Waals surface area contributed by atoms with Crippen molar-refractivity contribution in [2.24, 2.45) is 0 Å². The van der Waals surface area contributed by atoms with Gasteiger partial charge >= 0.3 is 19.8 Å². The Balaban J connectivity index is 2.43. The van der Waals surface area contributed by atoms with Gasteiger partial charge in [0, 0.05) is 19.3 Å². The Morgan fingerprint density at radius 1 is 0.556 bits per heavy atom. The summed E-state index contributed by atoms with van der Waals surface area (Å²) in [5.41, 5.74) is 0. The number of unbranched alkanes of at least 4 members (excludes halogenated alkanes) is 24. The molecule has 320 valence electrons. The fourth-order valence-electron chi connectivity index (χ4n) is 6.84. The number of ether oxygens (including phenoxy) is 2. The summed E-state index contributed by atoms with van der Waals surface area (Å²) in [7, 11) is -4.91. The SMILES string of the molecule is CCCCCCCCCCCCCCCC(=O)OCC(COP(=O)(O)O[C@H]1C[C@@H](O)[C@H](O)[C@@H](O)[C@H]1O)OC(=O)CCCCCCCCCCCCCCC. The van der Waals surface area contributed by atoms with Crippen molar-refractivity contribution in [2.75, 3.05) is 13.2 Å². The van der Waals surface area contributed by atoms with E-state index < -0.39 is 69.4 Å². The van der Waals surface area contributed by atoms with Crippen molar-refractivity contribution >= 4 is 19.8 Å². The van der Waals surface area contributed by atoms with Crippen LogP contribution in [0.5, 0.6) is 0 Å². The summed E-state index contributed by atoms with van der Waals surface area (Å²) in [5.74, 6) is -1.01.